The van der Waals surface area contributed by atoms with Crippen LogP contribution in [0.2, 0.25) is 0 Å². The maximum absolute atomic E-state index is 13.6. The van der Waals surface area contributed by atoms with Crippen molar-refractivity contribution in [3.05, 3.63) is 40.1 Å². The first-order valence-corrected chi connectivity index (χ1v) is 12.4. The molecule has 2 aliphatic rings. The zero-order chi connectivity index (χ0) is 22.3. The van der Waals surface area contributed by atoms with Crippen molar-refractivity contribution >= 4 is 48.0 Å². The van der Waals surface area contributed by atoms with Gasteiger partial charge < -0.3 is 15.3 Å². The highest BCUT2D eigenvalue weighted by Crippen LogP contribution is 2.33. The minimum atomic E-state index is -0.735. The van der Waals surface area contributed by atoms with Gasteiger partial charge in [-0.25, -0.2) is 0 Å². The Morgan fingerprint density at radius 1 is 1.09 bits per heavy atom. The highest BCUT2D eigenvalue weighted by atomic mass is 35.5. The fraction of sp³-hybridized carbons (Fsp3) is 0.609. The highest BCUT2D eigenvalue weighted by molar-refractivity contribution is 7.13. The Labute approximate surface area is 216 Å². The number of carboxylic acids is 1. The molecule has 3 heterocycles. The summed E-state index contributed by atoms with van der Waals surface area (Å²) in [5, 5.41) is 22.4. The molecule has 2 N–H and O–H groups in total. The quantitative estimate of drug-likeness (QED) is 0.524. The minimum Gasteiger partial charge on any atom is -0.481 e. The van der Waals surface area contributed by atoms with Gasteiger partial charge in [-0.3, -0.25) is 14.6 Å². The predicted octanol–water partition coefficient (Wildman–Crippen LogP) is 4.31. The van der Waals surface area contributed by atoms with Crippen LogP contribution in [0.15, 0.2) is 24.5 Å². The number of piperidine rings is 1. The second kappa shape index (κ2) is 13.9. The van der Waals surface area contributed by atoms with Gasteiger partial charge in [0, 0.05) is 37.3 Å². The first-order valence-electron chi connectivity index (χ1n) is 11.6. The zero-order valence-corrected chi connectivity index (χ0v) is 21.5. The molecule has 2 aromatic rings. The Morgan fingerprint density at radius 3 is 2.47 bits per heavy atom. The van der Waals surface area contributed by atoms with Crippen molar-refractivity contribution < 1.29 is 14.7 Å². The van der Waals surface area contributed by atoms with Crippen LogP contribution in [0.3, 0.4) is 0 Å². The molecule has 2 fully saturated rings. The number of aromatic nitrogens is 3. The molecule has 1 saturated heterocycles. The second-order valence-electron chi connectivity index (χ2n) is 8.87. The molecule has 8 nitrogen and oxygen atoms in total. The maximum atomic E-state index is 13.6. The van der Waals surface area contributed by atoms with Crippen LogP contribution in [0.1, 0.15) is 77.7 Å². The van der Waals surface area contributed by atoms with Crippen molar-refractivity contribution in [3.63, 3.8) is 0 Å². The summed E-state index contributed by atoms with van der Waals surface area (Å²) >= 11 is 1.44. The summed E-state index contributed by atoms with van der Waals surface area (Å²) in [7, 11) is 0. The summed E-state index contributed by atoms with van der Waals surface area (Å²) in [4.78, 5) is 30.6. The number of nitrogens with zero attached hydrogens (tertiary/aromatic N) is 4. The van der Waals surface area contributed by atoms with E-state index in [-0.39, 0.29) is 43.2 Å². The molecule has 0 unspecified atom stereocenters. The first-order chi connectivity index (χ1) is 15.6. The molecule has 0 atom stereocenters. The second-order valence-corrected chi connectivity index (χ2v) is 9.88. The van der Waals surface area contributed by atoms with E-state index in [1.807, 2.05) is 17.0 Å². The van der Waals surface area contributed by atoms with E-state index in [9.17, 15) is 9.59 Å². The van der Waals surface area contributed by atoms with Gasteiger partial charge in [-0.1, -0.05) is 17.4 Å². The van der Waals surface area contributed by atoms with E-state index in [1.54, 1.807) is 12.4 Å². The maximum Gasteiger partial charge on any atom is 0.303 e. The van der Waals surface area contributed by atoms with Crippen LogP contribution in [-0.2, 0) is 11.3 Å². The molecule has 4 rings (SSSR count). The Bertz CT molecular complexity index is 903. The lowest BCUT2D eigenvalue weighted by Gasteiger charge is -2.36. The van der Waals surface area contributed by atoms with E-state index in [0.717, 1.165) is 62.2 Å². The Balaban J connectivity index is 0.00000204. The molecule has 11 heteroatoms. The van der Waals surface area contributed by atoms with Gasteiger partial charge in [0.15, 0.2) is 0 Å². The third kappa shape index (κ3) is 7.60. The lowest BCUT2D eigenvalue weighted by molar-refractivity contribution is -0.137. The number of nitrogens with one attached hydrogen (secondary N) is 1. The number of carboxylic acid groups (broad SMARTS) is 1. The molecule has 0 radical (unpaired) electrons. The van der Waals surface area contributed by atoms with Crippen molar-refractivity contribution in [1.82, 2.24) is 25.4 Å². The van der Waals surface area contributed by atoms with E-state index < -0.39 is 5.97 Å². The third-order valence-electron chi connectivity index (χ3n) is 6.67. The largest absolute Gasteiger partial charge is 0.481 e. The Morgan fingerprint density at radius 2 is 1.82 bits per heavy atom. The van der Waals surface area contributed by atoms with Gasteiger partial charge in [0.1, 0.15) is 5.01 Å². The average Bonchev–Trinajstić information content (AvgIpc) is 3.33. The first kappa shape index (κ1) is 28.4. The van der Waals surface area contributed by atoms with Crippen molar-refractivity contribution in [1.29, 1.82) is 0 Å². The van der Waals surface area contributed by atoms with Gasteiger partial charge in [0.2, 0.25) is 5.01 Å². The Kier molecular flexibility index (Phi) is 11.6. The van der Waals surface area contributed by atoms with Crippen LogP contribution < -0.4 is 5.32 Å². The number of rotatable bonds is 8. The van der Waals surface area contributed by atoms with Gasteiger partial charge in [0.25, 0.3) is 5.91 Å². The number of hydrogen-bond donors (Lipinski definition) is 2. The van der Waals surface area contributed by atoms with Gasteiger partial charge in [-0.05, 0) is 75.6 Å². The summed E-state index contributed by atoms with van der Waals surface area (Å²) in [6.07, 6.45) is 10.2. The van der Waals surface area contributed by atoms with Crippen LogP contribution in [0.5, 0.6) is 0 Å². The minimum absolute atomic E-state index is 0. The molecule has 1 saturated carbocycles. The molecule has 188 valence electrons. The van der Waals surface area contributed by atoms with Crippen LogP contribution in [-0.4, -0.2) is 56.2 Å². The van der Waals surface area contributed by atoms with Crippen LogP contribution in [0.25, 0.3) is 0 Å². The summed E-state index contributed by atoms with van der Waals surface area (Å²) < 4.78 is 0. The number of halogens is 2. The molecule has 2 aromatic heterocycles. The Hall–Kier alpha value is -1.81. The van der Waals surface area contributed by atoms with E-state index in [1.165, 1.54) is 11.3 Å². The standard InChI is InChI=1S/C23H31N5O3S.2ClH/c29-20(30)8-5-16-3-6-19(7-4-16)28(15-17-2-1-11-25-14-17)23(31)22-27-26-21(32-22)18-9-12-24-13-10-18;;/h1-2,11,14,16,18-19,24H,3-10,12-13,15H2,(H,29,30);2*1H/t16-,19-;;. The molecule has 0 spiro atoms. The lowest BCUT2D eigenvalue weighted by Crippen LogP contribution is -2.42. The van der Waals surface area contributed by atoms with E-state index in [0.29, 0.717) is 29.8 Å². The summed E-state index contributed by atoms with van der Waals surface area (Å²) in [5.74, 6) is 0.0133. The normalized spacial score (nSPS) is 20.6. The van der Waals surface area contributed by atoms with Crippen molar-refractivity contribution in [2.24, 2.45) is 5.92 Å². The van der Waals surface area contributed by atoms with Gasteiger partial charge >= 0.3 is 5.97 Å². The van der Waals surface area contributed by atoms with Crippen LogP contribution in [0.4, 0.5) is 0 Å². The molecule has 1 aliphatic heterocycles. The van der Waals surface area contributed by atoms with E-state index in [4.69, 9.17) is 5.11 Å². The lowest BCUT2D eigenvalue weighted by atomic mass is 9.82. The fourth-order valence-electron chi connectivity index (χ4n) is 4.81. The van der Waals surface area contributed by atoms with E-state index in [2.05, 4.69) is 20.5 Å². The SMILES string of the molecule is Cl.Cl.O=C(O)CC[C@H]1CC[C@H](N(Cc2cccnc2)C(=O)c2nnc(C3CCNCC3)s2)CC1. The van der Waals surface area contributed by atoms with Gasteiger partial charge in [0.05, 0.1) is 0 Å². The summed E-state index contributed by atoms with van der Waals surface area (Å²) in [5.41, 5.74) is 0.997. The number of hydrogen-bond acceptors (Lipinski definition) is 7. The van der Waals surface area contributed by atoms with Crippen molar-refractivity contribution in [2.45, 2.75) is 69.9 Å². The topological polar surface area (TPSA) is 108 Å². The molecule has 1 aliphatic carbocycles. The number of carbonyl (C=O) groups excluding carboxylic acids is 1. The van der Waals surface area contributed by atoms with Crippen molar-refractivity contribution in [2.75, 3.05) is 13.1 Å². The average molecular weight is 531 g/mol. The molecular weight excluding hydrogens is 497 g/mol. The van der Waals surface area contributed by atoms with Crippen LogP contribution in [0, 0.1) is 5.92 Å². The molecule has 0 aromatic carbocycles. The smallest absolute Gasteiger partial charge is 0.303 e. The molecule has 34 heavy (non-hydrogen) atoms. The highest BCUT2D eigenvalue weighted by Gasteiger charge is 2.32. The fourth-order valence-corrected chi connectivity index (χ4v) is 5.77. The van der Waals surface area contributed by atoms with E-state index >= 15 is 0 Å². The number of pyridine rings is 1. The predicted molar refractivity (Wildman–Crippen MR) is 136 cm³/mol. The van der Waals surface area contributed by atoms with Gasteiger partial charge in [-0.15, -0.1) is 35.0 Å². The number of aliphatic carboxylic acids is 1. The zero-order valence-electron chi connectivity index (χ0n) is 19.1. The summed E-state index contributed by atoms with van der Waals surface area (Å²) in [6, 6.07) is 4.00. The van der Waals surface area contributed by atoms with Crippen LogP contribution >= 0.6 is 36.2 Å². The van der Waals surface area contributed by atoms with Crippen molar-refractivity contribution in [3.8, 4) is 0 Å². The number of carbonyl (C=O) groups is 2. The molecule has 1 amide bonds. The van der Waals surface area contributed by atoms with Gasteiger partial charge in [-0.2, -0.15) is 0 Å². The monoisotopic (exact) mass is 529 g/mol. The summed E-state index contributed by atoms with van der Waals surface area (Å²) in [6.45, 7) is 2.46. The third-order valence-corrected chi connectivity index (χ3v) is 7.75. The molecule has 0 bridgehead atoms. The number of amides is 1. The molecular formula is C23H33Cl2N5O3S.